The van der Waals surface area contributed by atoms with E-state index < -0.39 is 43.4 Å². The van der Waals surface area contributed by atoms with Gasteiger partial charge in [-0.05, 0) is 73.0 Å². The molecule has 13 heteroatoms. The predicted molar refractivity (Wildman–Crippen MR) is 137 cm³/mol. The minimum atomic E-state index is -6.79. The zero-order chi connectivity index (χ0) is 29.3. The Labute approximate surface area is 233 Å². The molecule has 1 unspecified atom stereocenters. The first kappa shape index (κ1) is 31.6. The standard InChI is InChI=1S/C27H36F6O5S2/c28-25(29,26(30,31)39(34)35)27(32,33)40(36,37)38-24-22(19-12-6-2-7-13-19)16-21(18-10-4-1-5-11-18)17-23(24)20-14-8-3-9-15-20/h16-20H,1-15H2,(H,34,35)/p-1. The minimum Gasteiger partial charge on any atom is -0.768 e. The molecule has 228 valence electrons. The van der Waals surface area contributed by atoms with E-state index in [0.717, 1.165) is 76.2 Å². The highest BCUT2D eigenvalue weighted by Crippen LogP contribution is 2.52. The number of benzene rings is 1. The molecule has 3 aliphatic rings. The summed E-state index contributed by atoms with van der Waals surface area (Å²) >= 11 is -5.03. The predicted octanol–water partition coefficient (Wildman–Crippen LogP) is 8.24. The Kier molecular flexibility index (Phi) is 9.56. The van der Waals surface area contributed by atoms with Crippen molar-refractivity contribution in [3.63, 3.8) is 0 Å². The summed E-state index contributed by atoms with van der Waals surface area (Å²) in [5.74, 6) is -7.67. The number of hydrogen-bond acceptors (Lipinski definition) is 5. The largest absolute Gasteiger partial charge is 0.768 e. The molecule has 0 heterocycles. The second-order valence-corrected chi connectivity index (χ2v) is 14.0. The Bertz CT molecular complexity index is 1130. The maximum atomic E-state index is 14.8. The lowest BCUT2D eigenvalue weighted by Crippen LogP contribution is -2.60. The van der Waals surface area contributed by atoms with Crippen LogP contribution < -0.4 is 4.18 Å². The fraction of sp³-hybridized carbons (Fsp3) is 0.778. The third-order valence-corrected chi connectivity index (χ3v) is 10.7. The molecule has 0 N–H and O–H groups in total. The number of rotatable bonds is 9. The molecule has 3 aliphatic carbocycles. The molecule has 1 aromatic rings. The number of halogens is 6. The molecule has 0 radical (unpaired) electrons. The van der Waals surface area contributed by atoms with E-state index in [2.05, 4.69) is 0 Å². The van der Waals surface area contributed by atoms with Crippen LogP contribution in [0.4, 0.5) is 26.3 Å². The fourth-order valence-corrected chi connectivity index (χ4v) is 7.85. The monoisotopic (exact) mass is 617 g/mol. The van der Waals surface area contributed by atoms with Crippen molar-refractivity contribution in [3.05, 3.63) is 28.8 Å². The third-order valence-electron chi connectivity index (χ3n) is 8.78. The summed E-state index contributed by atoms with van der Waals surface area (Å²) in [6.45, 7) is 0. The maximum absolute atomic E-state index is 14.8. The van der Waals surface area contributed by atoms with E-state index in [-0.39, 0.29) is 17.8 Å². The SMILES string of the molecule is O=S([O-])C(F)(F)C(F)(F)C(F)(F)S(=O)(=O)Oc1c(C2CCCCC2)cc(C2CCCCC2)cc1C1CCCCC1. The van der Waals surface area contributed by atoms with Crippen molar-refractivity contribution in [1.29, 1.82) is 0 Å². The van der Waals surface area contributed by atoms with Crippen molar-refractivity contribution in [2.24, 2.45) is 0 Å². The van der Waals surface area contributed by atoms with Crippen LogP contribution in [-0.4, -0.2) is 33.6 Å². The molecule has 5 nitrogen and oxygen atoms in total. The van der Waals surface area contributed by atoms with Gasteiger partial charge in [0.25, 0.3) is 0 Å². The molecular weight excluding hydrogens is 582 g/mol. The third kappa shape index (κ3) is 5.93. The van der Waals surface area contributed by atoms with Gasteiger partial charge in [-0.15, -0.1) is 0 Å². The second-order valence-electron chi connectivity index (χ2n) is 11.4. The van der Waals surface area contributed by atoms with E-state index in [4.69, 9.17) is 4.18 Å². The van der Waals surface area contributed by atoms with Crippen LogP contribution in [0.25, 0.3) is 0 Å². The van der Waals surface area contributed by atoms with Crippen LogP contribution in [0.2, 0.25) is 0 Å². The van der Waals surface area contributed by atoms with E-state index in [1.165, 1.54) is 0 Å². The highest BCUT2D eigenvalue weighted by Gasteiger charge is 2.79. The van der Waals surface area contributed by atoms with Crippen LogP contribution in [0.3, 0.4) is 0 Å². The first-order chi connectivity index (χ1) is 18.7. The van der Waals surface area contributed by atoms with Crippen molar-refractivity contribution in [3.8, 4) is 5.75 Å². The van der Waals surface area contributed by atoms with E-state index >= 15 is 0 Å². The molecule has 40 heavy (non-hydrogen) atoms. The lowest BCUT2D eigenvalue weighted by Gasteiger charge is -2.34. The Morgan fingerprint density at radius 2 is 1.07 bits per heavy atom. The van der Waals surface area contributed by atoms with E-state index in [1.54, 1.807) is 12.1 Å². The Morgan fingerprint density at radius 3 is 1.45 bits per heavy atom. The van der Waals surface area contributed by atoms with Gasteiger partial charge in [0.15, 0.2) is 0 Å². The summed E-state index contributed by atoms with van der Waals surface area (Å²) < 4.78 is 138. The van der Waals surface area contributed by atoms with Crippen LogP contribution >= 0.6 is 0 Å². The average molecular weight is 618 g/mol. The summed E-state index contributed by atoms with van der Waals surface area (Å²) in [5, 5.41) is -12.9. The van der Waals surface area contributed by atoms with Gasteiger partial charge in [-0.2, -0.15) is 34.8 Å². The lowest BCUT2D eigenvalue weighted by molar-refractivity contribution is -0.245. The lowest BCUT2D eigenvalue weighted by atomic mass is 9.75. The van der Waals surface area contributed by atoms with Crippen LogP contribution in [0, 0.1) is 0 Å². The Hall–Kier alpha value is -1.34. The van der Waals surface area contributed by atoms with Crippen molar-refractivity contribution in [2.75, 3.05) is 0 Å². The van der Waals surface area contributed by atoms with Gasteiger partial charge in [0.1, 0.15) is 5.75 Å². The molecule has 3 fully saturated rings. The number of alkyl halides is 6. The molecule has 4 rings (SSSR count). The average Bonchev–Trinajstić information content (AvgIpc) is 2.94. The quantitative estimate of drug-likeness (QED) is 0.158. The van der Waals surface area contributed by atoms with E-state index in [1.807, 2.05) is 0 Å². The first-order valence-electron chi connectivity index (χ1n) is 14.0. The van der Waals surface area contributed by atoms with Crippen molar-refractivity contribution in [1.82, 2.24) is 0 Å². The summed E-state index contributed by atoms with van der Waals surface area (Å²) in [6, 6.07) is 3.47. The van der Waals surface area contributed by atoms with Gasteiger partial charge < -0.3 is 8.74 Å². The van der Waals surface area contributed by atoms with Crippen molar-refractivity contribution >= 4 is 21.2 Å². The molecule has 1 aromatic carbocycles. The highest BCUT2D eigenvalue weighted by molar-refractivity contribution is 7.88. The molecule has 3 saturated carbocycles. The molecule has 0 spiro atoms. The fourth-order valence-electron chi connectivity index (χ4n) is 6.49. The summed E-state index contributed by atoms with van der Waals surface area (Å²) in [4.78, 5) is 0. The summed E-state index contributed by atoms with van der Waals surface area (Å²) in [6.07, 6.45) is 12.3. The van der Waals surface area contributed by atoms with Crippen LogP contribution in [0.15, 0.2) is 12.1 Å². The van der Waals surface area contributed by atoms with Gasteiger partial charge in [0, 0.05) is 11.1 Å². The molecule has 1 atom stereocenters. The Morgan fingerprint density at radius 1 is 0.700 bits per heavy atom. The first-order valence-corrected chi connectivity index (χ1v) is 16.5. The zero-order valence-corrected chi connectivity index (χ0v) is 23.8. The molecule has 0 bridgehead atoms. The van der Waals surface area contributed by atoms with Gasteiger partial charge >= 0.3 is 26.5 Å². The molecule has 0 aromatic heterocycles. The highest BCUT2D eigenvalue weighted by atomic mass is 32.2. The summed E-state index contributed by atoms with van der Waals surface area (Å²) in [7, 11) is -6.78. The van der Waals surface area contributed by atoms with E-state index in [9.17, 15) is 43.5 Å². The number of hydrogen-bond donors (Lipinski definition) is 0. The van der Waals surface area contributed by atoms with Crippen molar-refractivity contribution in [2.45, 2.75) is 130 Å². The molecule has 0 saturated heterocycles. The van der Waals surface area contributed by atoms with Crippen molar-refractivity contribution < 1.29 is 47.7 Å². The van der Waals surface area contributed by atoms with Gasteiger partial charge in [-0.1, -0.05) is 69.9 Å². The van der Waals surface area contributed by atoms with Gasteiger partial charge in [0.05, 0.1) is 0 Å². The van der Waals surface area contributed by atoms with Crippen LogP contribution in [0.1, 0.15) is 131 Å². The zero-order valence-electron chi connectivity index (χ0n) is 22.1. The van der Waals surface area contributed by atoms with Gasteiger partial charge in [-0.25, -0.2) is 0 Å². The normalized spacial score (nSPS) is 22.3. The minimum absolute atomic E-state index is 0.167. The van der Waals surface area contributed by atoms with Gasteiger partial charge in [-0.3, -0.25) is 4.21 Å². The smallest absolute Gasteiger partial charge is 0.450 e. The topological polar surface area (TPSA) is 83.5 Å². The van der Waals surface area contributed by atoms with Crippen LogP contribution in [-0.2, 0) is 21.2 Å². The van der Waals surface area contributed by atoms with Gasteiger partial charge in [0.2, 0.25) is 0 Å². The van der Waals surface area contributed by atoms with Crippen LogP contribution in [0.5, 0.6) is 5.75 Å². The summed E-state index contributed by atoms with van der Waals surface area (Å²) in [5.41, 5.74) is 1.58. The molecular formula is C27H35F6O5S2-. The molecule has 0 aliphatic heterocycles. The molecule has 0 amide bonds. The Balaban J connectivity index is 1.86. The van der Waals surface area contributed by atoms with E-state index in [0.29, 0.717) is 36.8 Å². The maximum Gasteiger partial charge on any atom is 0.450 e. The second kappa shape index (κ2) is 12.1.